The molecular formula is C24H25N3OS. The van der Waals surface area contributed by atoms with Gasteiger partial charge in [0.25, 0.3) is 0 Å². The van der Waals surface area contributed by atoms with E-state index in [1.807, 2.05) is 0 Å². The molecule has 0 bridgehead atoms. The molecule has 1 aliphatic rings. The number of rotatable bonds is 4. The highest BCUT2D eigenvalue weighted by Gasteiger charge is 2.18. The van der Waals surface area contributed by atoms with E-state index in [0.29, 0.717) is 0 Å². The Balaban J connectivity index is 1.39. The third-order valence-corrected chi connectivity index (χ3v) is 6.79. The minimum Gasteiger partial charge on any atom is -0.392 e. The number of thiophene rings is 1. The maximum absolute atomic E-state index is 9.92. The number of aromatic amines is 1. The molecule has 4 aromatic rings. The van der Waals surface area contributed by atoms with Crippen LogP contribution >= 0.6 is 11.3 Å². The Morgan fingerprint density at radius 1 is 1.14 bits per heavy atom. The molecule has 3 heterocycles. The number of aromatic nitrogens is 2. The van der Waals surface area contributed by atoms with E-state index in [1.54, 1.807) is 11.3 Å². The number of H-pyrrole nitrogens is 1. The Morgan fingerprint density at radius 3 is 2.86 bits per heavy atom. The third kappa shape index (κ3) is 3.86. The predicted molar refractivity (Wildman–Crippen MR) is 120 cm³/mol. The van der Waals surface area contributed by atoms with Crippen molar-refractivity contribution < 1.29 is 5.11 Å². The minimum absolute atomic E-state index is 0.181. The molecule has 5 rings (SSSR count). The lowest BCUT2D eigenvalue weighted by Gasteiger charge is -2.30. The standard InChI is InChI=1S/C24H25N3OS/c1-16-5-2-9-20-23(16)26-24(25-20)22-11-10-21(29-22)18-7-3-6-17(13-18)14-27-12-4-8-19(28)15-27/h2-3,5-7,9-11,13,19,28H,4,8,12,14-15H2,1H3,(H,25,26). The van der Waals surface area contributed by atoms with Crippen molar-refractivity contribution in [3.63, 3.8) is 0 Å². The number of aryl methyl sites for hydroxylation is 1. The van der Waals surface area contributed by atoms with Gasteiger partial charge in [0.2, 0.25) is 0 Å². The van der Waals surface area contributed by atoms with E-state index in [-0.39, 0.29) is 6.10 Å². The first-order valence-electron chi connectivity index (χ1n) is 10.2. The number of hydrogen-bond donors (Lipinski definition) is 2. The highest BCUT2D eigenvalue weighted by atomic mass is 32.1. The van der Waals surface area contributed by atoms with Crippen molar-refractivity contribution in [1.82, 2.24) is 14.9 Å². The Bertz CT molecular complexity index is 1150. The van der Waals surface area contributed by atoms with Gasteiger partial charge in [-0.1, -0.05) is 30.3 Å². The van der Waals surface area contributed by atoms with Crippen molar-refractivity contribution in [2.24, 2.45) is 0 Å². The van der Waals surface area contributed by atoms with E-state index < -0.39 is 0 Å². The van der Waals surface area contributed by atoms with Gasteiger partial charge >= 0.3 is 0 Å². The number of nitrogens with zero attached hydrogens (tertiary/aromatic N) is 2. The Labute approximate surface area is 174 Å². The molecule has 1 aliphatic heterocycles. The molecule has 2 aromatic carbocycles. The zero-order chi connectivity index (χ0) is 19.8. The number of piperidine rings is 1. The second-order valence-corrected chi connectivity index (χ2v) is 9.04. The molecule has 2 N–H and O–H groups in total. The molecule has 0 amide bonds. The van der Waals surface area contributed by atoms with Gasteiger partial charge in [0, 0.05) is 18.0 Å². The van der Waals surface area contributed by atoms with E-state index in [0.717, 1.165) is 54.2 Å². The second-order valence-electron chi connectivity index (χ2n) is 7.95. The fourth-order valence-electron chi connectivity index (χ4n) is 4.17. The molecule has 148 valence electrons. The van der Waals surface area contributed by atoms with Gasteiger partial charge in [-0.3, -0.25) is 4.90 Å². The van der Waals surface area contributed by atoms with Gasteiger partial charge in [-0.15, -0.1) is 11.3 Å². The predicted octanol–water partition coefficient (Wildman–Crippen LogP) is 5.22. The first-order valence-corrected chi connectivity index (χ1v) is 11.0. The smallest absolute Gasteiger partial charge is 0.148 e. The summed E-state index contributed by atoms with van der Waals surface area (Å²) in [5.74, 6) is 0.934. The van der Waals surface area contributed by atoms with Crippen LogP contribution in [0.3, 0.4) is 0 Å². The zero-order valence-corrected chi connectivity index (χ0v) is 17.4. The molecule has 1 saturated heterocycles. The average Bonchev–Trinajstić information content (AvgIpc) is 3.36. The maximum Gasteiger partial charge on any atom is 0.148 e. The van der Waals surface area contributed by atoms with E-state index in [1.165, 1.54) is 21.6 Å². The molecule has 2 aromatic heterocycles. The Morgan fingerprint density at radius 2 is 2.00 bits per heavy atom. The lowest BCUT2D eigenvalue weighted by molar-refractivity contribution is 0.0668. The van der Waals surface area contributed by atoms with Crippen molar-refractivity contribution in [3.8, 4) is 21.1 Å². The minimum atomic E-state index is -0.181. The number of fused-ring (bicyclic) bond motifs is 1. The van der Waals surface area contributed by atoms with Gasteiger partial charge in [0.1, 0.15) is 5.82 Å². The number of aliphatic hydroxyl groups excluding tert-OH is 1. The number of imidazole rings is 1. The van der Waals surface area contributed by atoms with E-state index in [2.05, 4.69) is 71.4 Å². The molecule has 1 atom stereocenters. The SMILES string of the molecule is Cc1cccc2[nH]c(-c3ccc(-c4cccc(CN5CCCC(O)C5)c4)s3)nc12. The first-order chi connectivity index (χ1) is 14.2. The quantitative estimate of drug-likeness (QED) is 0.491. The van der Waals surface area contributed by atoms with Gasteiger partial charge < -0.3 is 10.1 Å². The van der Waals surface area contributed by atoms with Crippen molar-refractivity contribution in [1.29, 1.82) is 0 Å². The Kier molecular flexibility index (Phi) is 4.96. The van der Waals surface area contributed by atoms with Crippen LogP contribution in [0.4, 0.5) is 0 Å². The average molecular weight is 404 g/mol. The summed E-state index contributed by atoms with van der Waals surface area (Å²) in [7, 11) is 0. The van der Waals surface area contributed by atoms with Gasteiger partial charge in [-0.05, 0) is 67.3 Å². The fourth-order valence-corrected chi connectivity index (χ4v) is 5.12. The molecule has 0 aliphatic carbocycles. The van der Waals surface area contributed by atoms with Crippen molar-refractivity contribution in [2.45, 2.75) is 32.4 Å². The summed E-state index contributed by atoms with van der Waals surface area (Å²) in [5.41, 5.74) is 5.86. The molecule has 5 heteroatoms. The number of β-amino-alcohol motifs (C(OH)–C–C–N with tert-alkyl or cyclic N) is 1. The number of aliphatic hydroxyl groups is 1. The van der Waals surface area contributed by atoms with Crippen molar-refractivity contribution in [2.75, 3.05) is 13.1 Å². The van der Waals surface area contributed by atoms with Crippen LogP contribution in [0.1, 0.15) is 24.0 Å². The second kappa shape index (κ2) is 7.75. The highest BCUT2D eigenvalue weighted by Crippen LogP contribution is 2.34. The highest BCUT2D eigenvalue weighted by molar-refractivity contribution is 7.18. The fraction of sp³-hybridized carbons (Fsp3) is 0.292. The zero-order valence-electron chi connectivity index (χ0n) is 16.6. The van der Waals surface area contributed by atoms with Crippen LogP contribution in [0.25, 0.3) is 32.2 Å². The largest absolute Gasteiger partial charge is 0.392 e. The lowest BCUT2D eigenvalue weighted by Crippen LogP contribution is -2.37. The van der Waals surface area contributed by atoms with Crippen LogP contribution in [-0.2, 0) is 6.54 Å². The molecule has 1 fully saturated rings. The lowest BCUT2D eigenvalue weighted by atomic mass is 10.1. The number of para-hydroxylation sites is 1. The number of nitrogens with one attached hydrogen (secondary N) is 1. The summed E-state index contributed by atoms with van der Waals surface area (Å²) in [6, 6.07) is 19.3. The van der Waals surface area contributed by atoms with E-state index >= 15 is 0 Å². The summed E-state index contributed by atoms with van der Waals surface area (Å²) in [6.45, 7) is 4.83. The van der Waals surface area contributed by atoms with E-state index in [4.69, 9.17) is 4.98 Å². The van der Waals surface area contributed by atoms with Gasteiger partial charge in [-0.25, -0.2) is 4.98 Å². The number of hydrogen-bond acceptors (Lipinski definition) is 4. The molecule has 0 spiro atoms. The monoisotopic (exact) mass is 403 g/mol. The summed E-state index contributed by atoms with van der Waals surface area (Å²) in [6.07, 6.45) is 1.82. The van der Waals surface area contributed by atoms with Crippen LogP contribution in [0.5, 0.6) is 0 Å². The van der Waals surface area contributed by atoms with Crippen molar-refractivity contribution in [3.05, 3.63) is 65.7 Å². The van der Waals surface area contributed by atoms with Crippen LogP contribution in [0.15, 0.2) is 54.6 Å². The van der Waals surface area contributed by atoms with Crippen LogP contribution in [0.2, 0.25) is 0 Å². The van der Waals surface area contributed by atoms with Crippen LogP contribution < -0.4 is 0 Å². The summed E-state index contributed by atoms with van der Waals surface area (Å²) >= 11 is 1.77. The molecule has 0 radical (unpaired) electrons. The van der Waals surface area contributed by atoms with E-state index in [9.17, 15) is 5.11 Å². The van der Waals surface area contributed by atoms with Crippen LogP contribution in [-0.4, -0.2) is 39.2 Å². The number of benzene rings is 2. The first kappa shape index (κ1) is 18.6. The van der Waals surface area contributed by atoms with Gasteiger partial charge in [0.15, 0.2) is 0 Å². The molecule has 4 nitrogen and oxygen atoms in total. The normalized spacial score (nSPS) is 17.8. The summed E-state index contributed by atoms with van der Waals surface area (Å²) in [5, 5.41) is 9.92. The summed E-state index contributed by atoms with van der Waals surface area (Å²) in [4.78, 5) is 13.0. The summed E-state index contributed by atoms with van der Waals surface area (Å²) < 4.78 is 0. The third-order valence-electron chi connectivity index (χ3n) is 5.65. The van der Waals surface area contributed by atoms with Gasteiger partial charge in [0.05, 0.1) is 22.0 Å². The molecule has 0 saturated carbocycles. The topological polar surface area (TPSA) is 52.2 Å². The number of likely N-dealkylation sites (tertiary alicyclic amines) is 1. The van der Waals surface area contributed by atoms with Gasteiger partial charge in [-0.2, -0.15) is 0 Å². The maximum atomic E-state index is 9.92. The molecule has 1 unspecified atom stereocenters. The van der Waals surface area contributed by atoms with Crippen LogP contribution in [0, 0.1) is 6.92 Å². The molecular weight excluding hydrogens is 378 g/mol. The Hall–Kier alpha value is -2.47. The molecule has 29 heavy (non-hydrogen) atoms. The van der Waals surface area contributed by atoms with Crippen molar-refractivity contribution >= 4 is 22.4 Å².